The zero-order valence-electron chi connectivity index (χ0n) is 5.94. The Balaban J connectivity index is 3.21. The molecule has 4 heteroatoms. The monoisotopic (exact) mass is 295 g/mol. The van der Waals surface area contributed by atoms with E-state index in [4.69, 9.17) is 16.9 Å². The minimum absolute atomic E-state index is 0.220. The molecule has 1 aromatic carbocycles. The maximum Gasteiger partial charge on any atom is 0.125 e. The Morgan fingerprint density at radius 3 is 2.75 bits per heavy atom. The van der Waals surface area contributed by atoms with Gasteiger partial charge in [0.15, 0.2) is 0 Å². The molecular weight excluding hydrogens is 291 g/mol. The van der Waals surface area contributed by atoms with Gasteiger partial charge in [0.25, 0.3) is 0 Å². The van der Waals surface area contributed by atoms with Crippen molar-refractivity contribution in [2.24, 2.45) is 0 Å². The summed E-state index contributed by atoms with van der Waals surface area (Å²) in [6, 6.07) is 4.55. The predicted octanol–water partition coefficient (Wildman–Crippen LogP) is 3.15. The number of rotatable bonds is 1. The number of nitriles is 1. The normalized spacial score (nSPS) is 9.50. The van der Waals surface area contributed by atoms with Crippen LogP contribution in [0.25, 0.3) is 0 Å². The van der Waals surface area contributed by atoms with E-state index in [0.717, 1.165) is 0 Å². The summed E-state index contributed by atoms with van der Waals surface area (Å²) < 4.78 is 13.4. The van der Waals surface area contributed by atoms with Crippen LogP contribution in [0.15, 0.2) is 12.1 Å². The van der Waals surface area contributed by atoms with Crippen molar-refractivity contribution in [3.8, 4) is 6.07 Å². The van der Waals surface area contributed by atoms with Crippen molar-refractivity contribution in [2.75, 3.05) is 0 Å². The molecule has 0 saturated carbocycles. The first-order chi connectivity index (χ1) is 5.65. The average molecular weight is 295 g/mol. The van der Waals surface area contributed by atoms with Crippen LogP contribution in [0.2, 0.25) is 5.02 Å². The van der Waals surface area contributed by atoms with Gasteiger partial charge in [-0.3, -0.25) is 0 Å². The number of hydrogen-bond donors (Lipinski definition) is 0. The molecule has 0 bridgehead atoms. The molecule has 0 aliphatic rings. The summed E-state index contributed by atoms with van der Waals surface area (Å²) in [4.78, 5) is 0. The maximum absolute atomic E-state index is 12.7. The first kappa shape index (κ1) is 9.75. The maximum atomic E-state index is 12.7. The zero-order chi connectivity index (χ0) is 9.14. The Morgan fingerprint density at radius 1 is 1.58 bits per heavy atom. The molecule has 1 rings (SSSR count). The standard InChI is InChI=1S/C8H4ClFIN/c9-7-3-5(10)4-8(11)6(7)1-2-12/h3-4H,1H2. The zero-order valence-corrected chi connectivity index (χ0v) is 8.86. The van der Waals surface area contributed by atoms with Gasteiger partial charge in [0.2, 0.25) is 0 Å². The molecule has 0 unspecified atom stereocenters. The second kappa shape index (κ2) is 4.06. The highest BCUT2D eigenvalue weighted by atomic mass is 127. The van der Waals surface area contributed by atoms with E-state index in [1.54, 1.807) is 0 Å². The molecule has 0 spiro atoms. The number of halogens is 3. The smallest absolute Gasteiger partial charge is 0.125 e. The summed E-state index contributed by atoms with van der Waals surface area (Å²) in [6.45, 7) is 0. The van der Waals surface area contributed by atoms with Crippen LogP contribution in [0.4, 0.5) is 4.39 Å². The fraction of sp³-hybridized carbons (Fsp3) is 0.125. The molecule has 62 valence electrons. The Labute approximate surface area is 88.3 Å². The summed E-state index contributed by atoms with van der Waals surface area (Å²) in [5.74, 6) is -0.369. The van der Waals surface area contributed by atoms with Crippen molar-refractivity contribution < 1.29 is 4.39 Å². The van der Waals surface area contributed by atoms with Gasteiger partial charge in [0.05, 0.1) is 12.5 Å². The number of nitrogens with zero attached hydrogens (tertiary/aromatic N) is 1. The largest absolute Gasteiger partial charge is 0.207 e. The van der Waals surface area contributed by atoms with Crippen LogP contribution in [-0.2, 0) is 6.42 Å². The highest BCUT2D eigenvalue weighted by molar-refractivity contribution is 14.1. The van der Waals surface area contributed by atoms with Gasteiger partial charge in [-0.15, -0.1) is 0 Å². The van der Waals surface area contributed by atoms with Crippen LogP contribution in [0.1, 0.15) is 5.56 Å². The van der Waals surface area contributed by atoms with Gasteiger partial charge in [-0.05, 0) is 40.3 Å². The molecule has 1 nitrogen and oxygen atoms in total. The van der Waals surface area contributed by atoms with E-state index in [-0.39, 0.29) is 12.2 Å². The van der Waals surface area contributed by atoms with E-state index in [0.29, 0.717) is 14.2 Å². The molecule has 12 heavy (non-hydrogen) atoms. The number of hydrogen-bond acceptors (Lipinski definition) is 1. The molecule has 0 heterocycles. The van der Waals surface area contributed by atoms with E-state index >= 15 is 0 Å². The van der Waals surface area contributed by atoms with Crippen LogP contribution in [-0.4, -0.2) is 0 Å². The van der Waals surface area contributed by atoms with Gasteiger partial charge in [0, 0.05) is 8.59 Å². The molecule has 0 atom stereocenters. The van der Waals surface area contributed by atoms with Crippen molar-refractivity contribution in [1.29, 1.82) is 5.26 Å². The van der Waals surface area contributed by atoms with Gasteiger partial charge < -0.3 is 0 Å². The van der Waals surface area contributed by atoms with Crippen LogP contribution < -0.4 is 0 Å². The highest BCUT2D eigenvalue weighted by Crippen LogP contribution is 2.23. The molecule has 0 saturated heterocycles. The SMILES string of the molecule is N#CCc1c(Cl)cc(F)cc1I. The quantitative estimate of drug-likeness (QED) is 0.730. The van der Waals surface area contributed by atoms with E-state index in [2.05, 4.69) is 0 Å². The average Bonchev–Trinajstić information content (AvgIpc) is 1.96. The minimum Gasteiger partial charge on any atom is -0.207 e. The highest BCUT2D eigenvalue weighted by Gasteiger charge is 2.06. The summed E-state index contributed by atoms with van der Waals surface area (Å²) in [6.07, 6.45) is 0.220. The van der Waals surface area contributed by atoms with Gasteiger partial charge in [-0.25, -0.2) is 4.39 Å². The summed E-state index contributed by atoms with van der Waals surface area (Å²) in [7, 11) is 0. The molecule has 0 aromatic heterocycles. The molecule has 0 aliphatic heterocycles. The fourth-order valence-corrected chi connectivity index (χ4v) is 2.03. The van der Waals surface area contributed by atoms with Crippen LogP contribution in [0, 0.1) is 20.7 Å². The van der Waals surface area contributed by atoms with E-state index in [9.17, 15) is 4.39 Å². The molecule has 1 aromatic rings. The van der Waals surface area contributed by atoms with Crippen molar-refractivity contribution in [1.82, 2.24) is 0 Å². The van der Waals surface area contributed by atoms with Gasteiger partial charge in [-0.2, -0.15) is 5.26 Å². The molecule has 0 radical (unpaired) electrons. The van der Waals surface area contributed by atoms with Gasteiger partial charge >= 0.3 is 0 Å². The Bertz CT molecular complexity index is 322. The summed E-state index contributed by atoms with van der Waals surface area (Å²) in [5.41, 5.74) is 0.696. The topological polar surface area (TPSA) is 23.8 Å². The van der Waals surface area contributed by atoms with E-state index in [1.165, 1.54) is 12.1 Å². The lowest BCUT2D eigenvalue weighted by atomic mass is 10.2. The van der Waals surface area contributed by atoms with Crippen molar-refractivity contribution >= 4 is 34.2 Å². The predicted molar refractivity (Wildman–Crippen MR) is 53.4 cm³/mol. The van der Waals surface area contributed by atoms with Gasteiger partial charge in [-0.1, -0.05) is 11.6 Å². The van der Waals surface area contributed by atoms with Crippen molar-refractivity contribution in [3.05, 3.63) is 32.1 Å². The Kier molecular flexibility index (Phi) is 3.29. The van der Waals surface area contributed by atoms with Crippen LogP contribution in [0.5, 0.6) is 0 Å². The lowest BCUT2D eigenvalue weighted by Crippen LogP contribution is -1.90. The van der Waals surface area contributed by atoms with Crippen molar-refractivity contribution in [2.45, 2.75) is 6.42 Å². The third kappa shape index (κ3) is 2.08. The lowest BCUT2D eigenvalue weighted by molar-refractivity contribution is 0.626. The number of benzene rings is 1. The Hall–Kier alpha value is -0.340. The lowest BCUT2D eigenvalue weighted by Gasteiger charge is -2.02. The molecule has 0 aliphatic carbocycles. The second-order valence-electron chi connectivity index (χ2n) is 2.18. The summed E-state index contributed by atoms with van der Waals surface area (Å²) in [5, 5.41) is 8.75. The minimum atomic E-state index is -0.369. The molecule has 0 N–H and O–H groups in total. The molecule has 0 fully saturated rings. The van der Waals surface area contributed by atoms with E-state index < -0.39 is 0 Å². The second-order valence-corrected chi connectivity index (χ2v) is 3.75. The van der Waals surface area contributed by atoms with Crippen LogP contribution in [0.3, 0.4) is 0 Å². The van der Waals surface area contributed by atoms with Crippen molar-refractivity contribution in [3.63, 3.8) is 0 Å². The Morgan fingerprint density at radius 2 is 2.25 bits per heavy atom. The first-order valence-corrected chi connectivity index (χ1v) is 4.61. The van der Waals surface area contributed by atoms with E-state index in [1.807, 2.05) is 28.7 Å². The molecule has 0 amide bonds. The molecular formula is C8H4ClFIN. The summed E-state index contributed by atoms with van der Waals surface area (Å²) >= 11 is 7.68. The third-order valence-electron chi connectivity index (χ3n) is 1.36. The van der Waals surface area contributed by atoms with Gasteiger partial charge in [0.1, 0.15) is 5.82 Å². The fourth-order valence-electron chi connectivity index (χ4n) is 0.820. The van der Waals surface area contributed by atoms with Crippen LogP contribution >= 0.6 is 34.2 Å². The first-order valence-electron chi connectivity index (χ1n) is 3.15. The third-order valence-corrected chi connectivity index (χ3v) is 2.66.